The highest BCUT2D eigenvalue weighted by molar-refractivity contribution is 5.78. The molecule has 4 heteroatoms. The smallest absolute Gasteiger partial charge is 0.342 e. The third-order valence-electron chi connectivity index (χ3n) is 2.03. The van der Waals surface area contributed by atoms with Crippen LogP contribution in [0.25, 0.3) is 0 Å². The van der Waals surface area contributed by atoms with Crippen LogP contribution in [0, 0.1) is 0 Å². The molecule has 0 aliphatic carbocycles. The molecule has 1 heterocycles. The van der Waals surface area contributed by atoms with Crippen molar-refractivity contribution < 1.29 is 14.6 Å². The third-order valence-corrected chi connectivity index (χ3v) is 2.03. The minimum Gasteiger partial charge on any atom is -0.479 e. The Hall–Kier alpha value is -1.42. The summed E-state index contributed by atoms with van der Waals surface area (Å²) >= 11 is 0. The van der Waals surface area contributed by atoms with Gasteiger partial charge in [0.05, 0.1) is 11.8 Å². The molecule has 0 aliphatic rings. The highest BCUT2D eigenvalue weighted by Gasteiger charge is 2.38. The van der Waals surface area contributed by atoms with Crippen molar-refractivity contribution in [3.63, 3.8) is 0 Å². The second kappa shape index (κ2) is 4.40. The van der Waals surface area contributed by atoms with Crippen LogP contribution in [0.4, 0.5) is 0 Å². The normalized spacial score (nSPS) is 14.9. The summed E-state index contributed by atoms with van der Waals surface area (Å²) in [6.45, 7) is 5.10. The van der Waals surface area contributed by atoms with E-state index in [9.17, 15) is 4.79 Å². The first-order valence-electron chi connectivity index (χ1n) is 4.79. The summed E-state index contributed by atoms with van der Waals surface area (Å²) < 4.78 is 5.42. The summed E-state index contributed by atoms with van der Waals surface area (Å²) in [7, 11) is 0. The van der Waals surface area contributed by atoms with Gasteiger partial charge in [0, 0.05) is 6.20 Å². The van der Waals surface area contributed by atoms with Gasteiger partial charge in [0.2, 0.25) is 5.60 Å². The van der Waals surface area contributed by atoms with Crippen LogP contribution in [0.3, 0.4) is 0 Å². The lowest BCUT2D eigenvalue weighted by Crippen LogP contribution is -2.38. The first-order valence-corrected chi connectivity index (χ1v) is 4.79. The lowest BCUT2D eigenvalue weighted by atomic mass is 10.0. The van der Waals surface area contributed by atoms with Crippen molar-refractivity contribution in [3.8, 4) is 0 Å². The second-order valence-corrected chi connectivity index (χ2v) is 3.72. The second-order valence-electron chi connectivity index (χ2n) is 3.72. The van der Waals surface area contributed by atoms with Gasteiger partial charge in [-0.25, -0.2) is 4.79 Å². The average Bonchev–Trinajstić information content (AvgIpc) is 2.17. The molecular weight excluding hydrogens is 194 g/mol. The molecular formula is C11H15NO3. The van der Waals surface area contributed by atoms with E-state index < -0.39 is 11.6 Å². The largest absolute Gasteiger partial charge is 0.479 e. The molecule has 1 rings (SSSR count). The molecule has 4 nitrogen and oxygen atoms in total. The minimum atomic E-state index is -1.38. The fourth-order valence-electron chi connectivity index (χ4n) is 1.34. The molecule has 15 heavy (non-hydrogen) atoms. The van der Waals surface area contributed by atoms with Gasteiger partial charge in [-0.3, -0.25) is 4.98 Å². The predicted molar refractivity (Wildman–Crippen MR) is 55.4 cm³/mol. The Kier molecular flexibility index (Phi) is 3.42. The molecule has 1 atom stereocenters. The van der Waals surface area contributed by atoms with Gasteiger partial charge in [-0.15, -0.1) is 0 Å². The summed E-state index contributed by atoms with van der Waals surface area (Å²) in [4.78, 5) is 15.2. The Bertz CT molecular complexity index is 337. The van der Waals surface area contributed by atoms with Crippen LogP contribution >= 0.6 is 0 Å². The number of aromatic nitrogens is 1. The van der Waals surface area contributed by atoms with Gasteiger partial charge in [0.15, 0.2) is 0 Å². The van der Waals surface area contributed by atoms with Crippen molar-refractivity contribution in [2.45, 2.75) is 32.5 Å². The molecule has 0 saturated carbocycles. The molecule has 0 aliphatic heterocycles. The summed E-state index contributed by atoms with van der Waals surface area (Å²) in [6.07, 6.45) is 1.38. The predicted octanol–water partition coefficient (Wildman–Crippen LogP) is 1.81. The number of aliphatic carboxylic acids is 1. The number of pyridine rings is 1. The highest BCUT2D eigenvalue weighted by atomic mass is 16.5. The summed E-state index contributed by atoms with van der Waals surface area (Å²) in [5.41, 5.74) is -0.971. The molecule has 0 fully saturated rings. The van der Waals surface area contributed by atoms with E-state index in [4.69, 9.17) is 9.84 Å². The molecule has 0 saturated heterocycles. The Morgan fingerprint density at radius 1 is 1.53 bits per heavy atom. The van der Waals surface area contributed by atoms with E-state index in [0.29, 0.717) is 5.69 Å². The molecule has 1 N–H and O–H groups in total. The molecule has 0 aromatic carbocycles. The molecule has 0 amide bonds. The quantitative estimate of drug-likeness (QED) is 0.821. The maximum atomic E-state index is 11.2. The van der Waals surface area contributed by atoms with Gasteiger partial charge in [0.25, 0.3) is 0 Å². The Morgan fingerprint density at radius 2 is 2.20 bits per heavy atom. The summed E-state index contributed by atoms with van der Waals surface area (Å²) in [5, 5.41) is 9.17. The first-order chi connectivity index (χ1) is 6.97. The molecule has 1 unspecified atom stereocenters. The number of hydrogen-bond donors (Lipinski definition) is 1. The van der Waals surface area contributed by atoms with Gasteiger partial charge in [-0.1, -0.05) is 6.07 Å². The van der Waals surface area contributed by atoms with Gasteiger partial charge >= 0.3 is 5.97 Å². The number of rotatable bonds is 4. The standard InChI is InChI=1S/C11H15NO3/c1-8(2)15-11(3,10(13)14)9-6-4-5-7-12-9/h4-8H,1-3H3,(H,13,14). The maximum Gasteiger partial charge on any atom is 0.342 e. The average molecular weight is 209 g/mol. The molecule has 1 aromatic rings. The zero-order chi connectivity index (χ0) is 11.5. The maximum absolute atomic E-state index is 11.2. The zero-order valence-electron chi connectivity index (χ0n) is 9.10. The SMILES string of the molecule is CC(C)OC(C)(C(=O)O)c1ccccn1. The third kappa shape index (κ3) is 2.53. The highest BCUT2D eigenvalue weighted by Crippen LogP contribution is 2.25. The number of ether oxygens (including phenoxy) is 1. The van der Waals surface area contributed by atoms with Gasteiger partial charge in [-0.2, -0.15) is 0 Å². The lowest BCUT2D eigenvalue weighted by Gasteiger charge is -2.26. The van der Waals surface area contributed by atoms with Gasteiger partial charge < -0.3 is 9.84 Å². The van der Waals surface area contributed by atoms with Crippen LogP contribution in [0.15, 0.2) is 24.4 Å². The van der Waals surface area contributed by atoms with Crippen LogP contribution in [-0.2, 0) is 15.1 Å². The van der Waals surface area contributed by atoms with Crippen molar-refractivity contribution in [1.29, 1.82) is 0 Å². The number of nitrogens with zero attached hydrogens (tertiary/aromatic N) is 1. The van der Waals surface area contributed by atoms with Crippen molar-refractivity contribution in [2.24, 2.45) is 0 Å². The van der Waals surface area contributed by atoms with E-state index >= 15 is 0 Å². The number of hydrogen-bond acceptors (Lipinski definition) is 3. The van der Waals surface area contributed by atoms with Crippen LogP contribution in [0.1, 0.15) is 26.5 Å². The van der Waals surface area contributed by atoms with Crippen molar-refractivity contribution in [1.82, 2.24) is 4.98 Å². The van der Waals surface area contributed by atoms with Crippen molar-refractivity contribution in [3.05, 3.63) is 30.1 Å². The number of carboxylic acids is 1. The van der Waals surface area contributed by atoms with Gasteiger partial charge in [0.1, 0.15) is 0 Å². The molecule has 0 bridgehead atoms. The molecule has 0 spiro atoms. The fourth-order valence-corrected chi connectivity index (χ4v) is 1.34. The van der Waals surface area contributed by atoms with E-state index in [1.807, 2.05) is 0 Å². The van der Waals surface area contributed by atoms with E-state index in [0.717, 1.165) is 0 Å². The molecule has 82 valence electrons. The number of carboxylic acid groups (broad SMARTS) is 1. The van der Waals surface area contributed by atoms with Crippen LogP contribution in [-0.4, -0.2) is 22.2 Å². The van der Waals surface area contributed by atoms with Crippen molar-refractivity contribution >= 4 is 5.97 Å². The first kappa shape index (κ1) is 11.7. The van der Waals surface area contributed by atoms with E-state index in [1.54, 1.807) is 38.2 Å². The van der Waals surface area contributed by atoms with E-state index in [2.05, 4.69) is 4.98 Å². The molecule has 1 aromatic heterocycles. The minimum absolute atomic E-state index is 0.173. The van der Waals surface area contributed by atoms with E-state index in [1.165, 1.54) is 6.92 Å². The lowest BCUT2D eigenvalue weighted by molar-refractivity contribution is -0.171. The number of carbonyl (C=O) groups is 1. The van der Waals surface area contributed by atoms with E-state index in [-0.39, 0.29) is 6.10 Å². The summed E-state index contributed by atoms with van der Waals surface area (Å²) in [5.74, 6) is -1.03. The molecule has 0 radical (unpaired) electrons. The Balaban J connectivity index is 3.07. The zero-order valence-corrected chi connectivity index (χ0v) is 9.10. The topological polar surface area (TPSA) is 59.4 Å². The van der Waals surface area contributed by atoms with Crippen LogP contribution in [0.5, 0.6) is 0 Å². The van der Waals surface area contributed by atoms with Gasteiger partial charge in [-0.05, 0) is 32.9 Å². The van der Waals surface area contributed by atoms with Crippen LogP contribution < -0.4 is 0 Å². The summed E-state index contributed by atoms with van der Waals surface area (Å²) in [6, 6.07) is 5.13. The monoisotopic (exact) mass is 209 g/mol. The van der Waals surface area contributed by atoms with Crippen molar-refractivity contribution in [2.75, 3.05) is 0 Å². The fraction of sp³-hybridized carbons (Fsp3) is 0.455. The van der Waals surface area contributed by atoms with Crippen LogP contribution in [0.2, 0.25) is 0 Å². The Morgan fingerprint density at radius 3 is 2.60 bits per heavy atom. The Labute approximate surface area is 88.9 Å².